The van der Waals surface area contributed by atoms with Crippen molar-refractivity contribution in [3.05, 3.63) is 60.6 Å². The molecule has 0 aliphatic carbocycles. The average Bonchev–Trinajstić information content (AvgIpc) is 2.98. The van der Waals surface area contributed by atoms with E-state index in [4.69, 9.17) is 0 Å². The SMILES string of the molecule is CN(CCc1ccccn1)S(=O)(=O)c1c[nH]c2ccccc12. The van der Waals surface area contributed by atoms with E-state index in [1.54, 1.807) is 19.4 Å². The molecule has 0 atom stereocenters. The molecule has 22 heavy (non-hydrogen) atoms. The summed E-state index contributed by atoms with van der Waals surface area (Å²) in [6, 6.07) is 13.0. The van der Waals surface area contributed by atoms with E-state index >= 15 is 0 Å². The Balaban J connectivity index is 1.83. The fourth-order valence-electron chi connectivity index (χ4n) is 2.36. The fourth-order valence-corrected chi connectivity index (χ4v) is 3.70. The number of nitrogens with one attached hydrogen (secondary N) is 1. The van der Waals surface area contributed by atoms with Crippen LogP contribution in [-0.4, -0.2) is 36.3 Å². The van der Waals surface area contributed by atoms with Gasteiger partial charge in [0.15, 0.2) is 0 Å². The number of rotatable bonds is 5. The molecule has 2 aromatic heterocycles. The second-order valence-corrected chi connectivity index (χ2v) is 7.11. The van der Waals surface area contributed by atoms with Crippen molar-refractivity contribution in [2.45, 2.75) is 11.3 Å². The number of hydrogen-bond acceptors (Lipinski definition) is 3. The summed E-state index contributed by atoms with van der Waals surface area (Å²) in [6.45, 7) is 0.388. The second kappa shape index (κ2) is 5.90. The summed E-state index contributed by atoms with van der Waals surface area (Å²) >= 11 is 0. The first-order chi connectivity index (χ1) is 10.6. The normalized spacial score (nSPS) is 12.1. The summed E-state index contributed by atoms with van der Waals surface area (Å²) < 4.78 is 26.8. The first-order valence-electron chi connectivity index (χ1n) is 7.01. The molecule has 0 saturated carbocycles. The number of hydrogen-bond donors (Lipinski definition) is 1. The molecule has 3 rings (SSSR count). The number of aromatic nitrogens is 2. The van der Waals surface area contributed by atoms with E-state index in [0.29, 0.717) is 23.2 Å². The van der Waals surface area contributed by atoms with E-state index in [9.17, 15) is 8.42 Å². The van der Waals surface area contributed by atoms with Crippen molar-refractivity contribution in [3.8, 4) is 0 Å². The number of benzene rings is 1. The minimum absolute atomic E-state index is 0.312. The Bertz CT molecular complexity index is 873. The molecule has 0 saturated heterocycles. The van der Waals surface area contributed by atoms with Crippen molar-refractivity contribution in [1.82, 2.24) is 14.3 Å². The largest absolute Gasteiger partial charge is 0.360 e. The maximum Gasteiger partial charge on any atom is 0.244 e. The lowest BCUT2D eigenvalue weighted by atomic mass is 10.2. The smallest absolute Gasteiger partial charge is 0.244 e. The van der Waals surface area contributed by atoms with Gasteiger partial charge in [0.25, 0.3) is 0 Å². The maximum absolute atomic E-state index is 12.7. The van der Waals surface area contributed by atoms with Crippen molar-refractivity contribution in [2.24, 2.45) is 0 Å². The highest BCUT2D eigenvalue weighted by atomic mass is 32.2. The Morgan fingerprint density at radius 1 is 1.14 bits per heavy atom. The van der Waals surface area contributed by atoms with Gasteiger partial charge < -0.3 is 4.98 Å². The molecule has 1 N–H and O–H groups in total. The van der Waals surface area contributed by atoms with E-state index in [1.807, 2.05) is 42.5 Å². The predicted octanol–water partition coefficient (Wildman–Crippen LogP) is 2.43. The number of sulfonamides is 1. The highest BCUT2D eigenvalue weighted by molar-refractivity contribution is 7.89. The van der Waals surface area contributed by atoms with Gasteiger partial charge in [-0.1, -0.05) is 24.3 Å². The lowest BCUT2D eigenvalue weighted by Crippen LogP contribution is -2.29. The third-order valence-corrected chi connectivity index (χ3v) is 5.55. The lowest BCUT2D eigenvalue weighted by molar-refractivity contribution is 0.471. The molecule has 0 fully saturated rings. The summed E-state index contributed by atoms with van der Waals surface area (Å²) in [6.07, 6.45) is 3.85. The van der Waals surface area contributed by atoms with Gasteiger partial charge in [-0.15, -0.1) is 0 Å². The van der Waals surface area contributed by atoms with Crippen LogP contribution in [-0.2, 0) is 16.4 Å². The standard InChI is InChI=1S/C16H17N3O2S/c1-19(11-9-13-6-4-5-10-17-13)22(20,21)16-12-18-15-8-3-2-7-14(15)16/h2-8,10,12,18H,9,11H2,1H3. The zero-order chi connectivity index (χ0) is 15.6. The van der Waals surface area contributed by atoms with Gasteiger partial charge in [0.1, 0.15) is 4.90 Å². The van der Waals surface area contributed by atoms with Crippen LogP contribution in [0.2, 0.25) is 0 Å². The van der Waals surface area contributed by atoms with Crippen molar-refractivity contribution in [3.63, 3.8) is 0 Å². The first kappa shape index (κ1) is 14.7. The van der Waals surface area contributed by atoms with Crippen molar-refractivity contribution in [2.75, 3.05) is 13.6 Å². The number of pyridine rings is 1. The topological polar surface area (TPSA) is 66.1 Å². The van der Waals surface area contributed by atoms with E-state index in [1.165, 1.54) is 4.31 Å². The fraction of sp³-hybridized carbons (Fsp3) is 0.188. The molecule has 0 unspecified atom stereocenters. The van der Waals surface area contributed by atoms with Crippen molar-refractivity contribution in [1.29, 1.82) is 0 Å². The van der Waals surface area contributed by atoms with Gasteiger partial charge >= 0.3 is 0 Å². The monoisotopic (exact) mass is 315 g/mol. The van der Waals surface area contributed by atoms with E-state index in [0.717, 1.165) is 11.2 Å². The van der Waals surface area contributed by atoms with Crippen LogP contribution in [0.15, 0.2) is 59.8 Å². The Hall–Kier alpha value is -2.18. The second-order valence-electron chi connectivity index (χ2n) is 5.10. The first-order valence-corrected chi connectivity index (χ1v) is 8.45. The van der Waals surface area contributed by atoms with E-state index < -0.39 is 10.0 Å². The van der Waals surface area contributed by atoms with Gasteiger partial charge in [-0.25, -0.2) is 12.7 Å². The molecular weight excluding hydrogens is 298 g/mol. The number of likely N-dealkylation sites (N-methyl/N-ethyl adjacent to an activating group) is 1. The van der Waals surface area contributed by atoms with Crippen LogP contribution in [0.1, 0.15) is 5.69 Å². The molecule has 114 valence electrons. The summed E-state index contributed by atoms with van der Waals surface area (Å²) in [7, 11) is -1.92. The molecule has 3 aromatic rings. The van der Waals surface area contributed by atoms with Crippen LogP contribution in [0.5, 0.6) is 0 Å². The molecule has 0 amide bonds. The molecule has 1 aromatic carbocycles. The van der Waals surface area contributed by atoms with Gasteiger partial charge in [-0.2, -0.15) is 0 Å². The summed E-state index contributed by atoms with van der Waals surface area (Å²) in [5, 5.41) is 0.715. The molecular formula is C16H17N3O2S. The molecule has 0 bridgehead atoms. The van der Waals surface area contributed by atoms with Crippen molar-refractivity contribution >= 4 is 20.9 Å². The number of aromatic amines is 1. The van der Waals surface area contributed by atoms with Gasteiger partial charge in [0, 0.05) is 49.0 Å². The Morgan fingerprint density at radius 2 is 1.91 bits per heavy atom. The van der Waals surface area contributed by atoms with Crippen LogP contribution >= 0.6 is 0 Å². The van der Waals surface area contributed by atoms with Crippen LogP contribution in [0.3, 0.4) is 0 Å². The molecule has 2 heterocycles. The van der Waals surface area contributed by atoms with Crippen LogP contribution in [0.25, 0.3) is 10.9 Å². The molecule has 5 nitrogen and oxygen atoms in total. The third kappa shape index (κ3) is 2.75. The quantitative estimate of drug-likeness (QED) is 0.786. The van der Waals surface area contributed by atoms with E-state index in [-0.39, 0.29) is 0 Å². The Morgan fingerprint density at radius 3 is 2.68 bits per heavy atom. The lowest BCUT2D eigenvalue weighted by Gasteiger charge is -2.16. The van der Waals surface area contributed by atoms with Gasteiger partial charge in [0.05, 0.1) is 0 Å². The number of nitrogens with zero attached hydrogens (tertiary/aromatic N) is 2. The Kier molecular flexibility index (Phi) is 3.96. The molecule has 0 spiro atoms. The number of H-pyrrole nitrogens is 1. The van der Waals surface area contributed by atoms with Crippen LogP contribution < -0.4 is 0 Å². The molecule has 6 heteroatoms. The zero-order valence-corrected chi connectivity index (χ0v) is 13.0. The summed E-state index contributed by atoms with van der Waals surface area (Å²) in [4.78, 5) is 7.53. The third-order valence-electron chi connectivity index (χ3n) is 3.65. The van der Waals surface area contributed by atoms with Gasteiger partial charge in [-0.3, -0.25) is 4.98 Å². The summed E-state index contributed by atoms with van der Waals surface area (Å²) in [5.74, 6) is 0. The molecule has 0 aliphatic heterocycles. The van der Waals surface area contributed by atoms with Crippen LogP contribution in [0, 0.1) is 0 Å². The van der Waals surface area contributed by atoms with E-state index in [2.05, 4.69) is 9.97 Å². The minimum Gasteiger partial charge on any atom is -0.360 e. The number of fused-ring (bicyclic) bond motifs is 1. The Labute approximate surface area is 129 Å². The van der Waals surface area contributed by atoms with Crippen molar-refractivity contribution < 1.29 is 8.42 Å². The van der Waals surface area contributed by atoms with Crippen LogP contribution in [0.4, 0.5) is 0 Å². The molecule has 0 radical (unpaired) electrons. The van der Waals surface area contributed by atoms with Gasteiger partial charge in [0.2, 0.25) is 10.0 Å². The zero-order valence-electron chi connectivity index (χ0n) is 12.2. The summed E-state index contributed by atoms with van der Waals surface area (Å²) in [5.41, 5.74) is 1.70. The predicted molar refractivity (Wildman–Crippen MR) is 86.1 cm³/mol. The maximum atomic E-state index is 12.7. The average molecular weight is 315 g/mol. The highest BCUT2D eigenvalue weighted by Gasteiger charge is 2.23. The number of para-hydroxylation sites is 1. The highest BCUT2D eigenvalue weighted by Crippen LogP contribution is 2.24. The minimum atomic E-state index is -3.52. The molecule has 0 aliphatic rings. The van der Waals surface area contributed by atoms with Gasteiger partial charge in [-0.05, 0) is 18.2 Å².